The Kier molecular flexibility index (Phi) is 5.79. The van der Waals surface area contributed by atoms with Gasteiger partial charge in [0.25, 0.3) is 0 Å². The van der Waals surface area contributed by atoms with Gasteiger partial charge in [-0.05, 0) is 43.2 Å². The molecule has 0 atom stereocenters. The van der Waals surface area contributed by atoms with Gasteiger partial charge in [0.15, 0.2) is 0 Å². The Bertz CT molecular complexity index is 796. The predicted molar refractivity (Wildman–Crippen MR) is 102 cm³/mol. The average Bonchev–Trinajstić information content (AvgIpc) is 2.62. The molecule has 1 saturated heterocycles. The van der Waals surface area contributed by atoms with Crippen molar-refractivity contribution in [2.45, 2.75) is 18.2 Å². The molecule has 0 aliphatic carbocycles. The number of hydrogen-bond donors (Lipinski definition) is 0. The minimum atomic E-state index is -3.38. The van der Waals surface area contributed by atoms with E-state index in [0.717, 1.165) is 36.6 Å². The van der Waals surface area contributed by atoms with Crippen LogP contribution >= 0.6 is 11.6 Å². The van der Waals surface area contributed by atoms with E-state index < -0.39 is 10.0 Å². The Hall–Kier alpha value is -1.40. The summed E-state index contributed by atoms with van der Waals surface area (Å²) in [6, 6.07) is 15.0. The maximum Gasteiger partial charge on any atom is 0.243 e. The molecule has 0 radical (unpaired) electrons. The molecule has 6 heteroatoms. The lowest BCUT2D eigenvalue weighted by atomic mass is 10.1. The Morgan fingerprint density at radius 1 is 0.920 bits per heavy atom. The number of sulfonamides is 1. The maximum absolute atomic E-state index is 12.7. The fourth-order valence-electron chi connectivity index (χ4n) is 2.99. The predicted octanol–water partition coefficient (Wildman–Crippen LogP) is 3.20. The molecular formula is C19H23ClN2O2S. The number of benzene rings is 2. The van der Waals surface area contributed by atoms with Gasteiger partial charge in [0.2, 0.25) is 10.0 Å². The molecule has 1 heterocycles. The highest BCUT2D eigenvalue weighted by molar-refractivity contribution is 7.89. The Balaban J connectivity index is 1.54. The number of hydrogen-bond acceptors (Lipinski definition) is 3. The molecular weight excluding hydrogens is 356 g/mol. The van der Waals surface area contributed by atoms with E-state index >= 15 is 0 Å². The van der Waals surface area contributed by atoms with Crippen molar-refractivity contribution < 1.29 is 8.42 Å². The molecule has 0 N–H and O–H groups in total. The molecule has 2 aromatic rings. The molecule has 25 heavy (non-hydrogen) atoms. The molecule has 0 saturated carbocycles. The van der Waals surface area contributed by atoms with Gasteiger partial charge in [-0.25, -0.2) is 8.42 Å². The summed E-state index contributed by atoms with van der Waals surface area (Å²) in [7, 11) is -3.38. The highest BCUT2D eigenvalue weighted by Crippen LogP contribution is 2.18. The van der Waals surface area contributed by atoms with Crippen molar-refractivity contribution in [3.8, 4) is 0 Å². The van der Waals surface area contributed by atoms with Crippen molar-refractivity contribution >= 4 is 21.6 Å². The van der Waals surface area contributed by atoms with Gasteiger partial charge < -0.3 is 4.90 Å². The monoisotopic (exact) mass is 378 g/mol. The summed E-state index contributed by atoms with van der Waals surface area (Å²) in [4.78, 5) is 2.70. The van der Waals surface area contributed by atoms with E-state index in [1.54, 1.807) is 16.4 Å². The molecule has 0 aromatic heterocycles. The van der Waals surface area contributed by atoms with Crippen LogP contribution in [0.4, 0.5) is 0 Å². The Morgan fingerprint density at radius 2 is 1.52 bits per heavy atom. The molecule has 134 valence electrons. The standard InChI is InChI=1S/C19H23ClN2O2S/c1-16-2-8-19(9-3-16)25(23,24)22-14-12-21(13-15-22)11-10-17-4-6-18(20)7-5-17/h2-9H,10-15H2,1H3. The Morgan fingerprint density at radius 3 is 2.12 bits per heavy atom. The van der Waals surface area contributed by atoms with Crippen molar-refractivity contribution in [3.63, 3.8) is 0 Å². The molecule has 0 unspecified atom stereocenters. The van der Waals surface area contributed by atoms with Gasteiger partial charge in [0.05, 0.1) is 4.90 Å². The van der Waals surface area contributed by atoms with Crippen molar-refractivity contribution in [2.75, 3.05) is 32.7 Å². The SMILES string of the molecule is Cc1ccc(S(=O)(=O)N2CCN(CCc3ccc(Cl)cc3)CC2)cc1. The van der Waals surface area contributed by atoms with Gasteiger partial charge >= 0.3 is 0 Å². The summed E-state index contributed by atoms with van der Waals surface area (Å²) in [6.45, 7) is 5.49. The van der Waals surface area contributed by atoms with Gasteiger partial charge in [0.1, 0.15) is 0 Å². The first kappa shape index (κ1) is 18.4. The van der Waals surface area contributed by atoms with E-state index in [0.29, 0.717) is 18.0 Å². The molecule has 0 amide bonds. The number of nitrogens with zero attached hydrogens (tertiary/aromatic N) is 2. The lowest BCUT2D eigenvalue weighted by molar-refractivity contribution is 0.190. The lowest BCUT2D eigenvalue weighted by Crippen LogP contribution is -2.48. The second-order valence-electron chi connectivity index (χ2n) is 6.44. The molecule has 1 aliphatic heterocycles. The minimum Gasteiger partial charge on any atom is -0.300 e. The van der Waals surface area contributed by atoms with Crippen molar-refractivity contribution in [2.24, 2.45) is 0 Å². The molecule has 0 spiro atoms. The van der Waals surface area contributed by atoms with E-state index in [2.05, 4.69) is 4.90 Å². The highest BCUT2D eigenvalue weighted by Gasteiger charge is 2.28. The number of halogens is 1. The lowest BCUT2D eigenvalue weighted by Gasteiger charge is -2.34. The van der Waals surface area contributed by atoms with E-state index in [-0.39, 0.29) is 0 Å². The van der Waals surface area contributed by atoms with Gasteiger partial charge in [-0.1, -0.05) is 41.4 Å². The van der Waals surface area contributed by atoms with Crippen LogP contribution in [0.3, 0.4) is 0 Å². The normalized spacial score (nSPS) is 16.9. The van der Waals surface area contributed by atoms with Crippen molar-refractivity contribution in [1.82, 2.24) is 9.21 Å². The van der Waals surface area contributed by atoms with Gasteiger partial charge in [-0.15, -0.1) is 0 Å². The van der Waals surface area contributed by atoms with E-state index in [4.69, 9.17) is 11.6 Å². The summed E-state index contributed by atoms with van der Waals surface area (Å²) < 4.78 is 27.0. The molecule has 1 fully saturated rings. The zero-order chi connectivity index (χ0) is 17.9. The summed E-state index contributed by atoms with van der Waals surface area (Å²) >= 11 is 5.91. The smallest absolute Gasteiger partial charge is 0.243 e. The summed E-state index contributed by atoms with van der Waals surface area (Å²) in [5.74, 6) is 0. The van der Waals surface area contributed by atoms with Gasteiger partial charge in [0, 0.05) is 37.7 Å². The zero-order valence-electron chi connectivity index (χ0n) is 14.4. The highest BCUT2D eigenvalue weighted by atomic mass is 35.5. The fraction of sp³-hybridized carbons (Fsp3) is 0.368. The van der Waals surface area contributed by atoms with Crippen molar-refractivity contribution in [3.05, 3.63) is 64.7 Å². The topological polar surface area (TPSA) is 40.6 Å². The van der Waals surface area contributed by atoms with Crippen LogP contribution in [0.25, 0.3) is 0 Å². The van der Waals surface area contributed by atoms with Crippen LogP contribution in [0.5, 0.6) is 0 Å². The number of piperazine rings is 1. The number of rotatable bonds is 5. The largest absolute Gasteiger partial charge is 0.300 e. The van der Waals surface area contributed by atoms with Gasteiger partial charge in [-0.3, -0.25) is 0 Å². The van der Waals surface area contributed by atoms with Crippen LogP contribution in [0.2, 0.25) is 5.02 Å². The van der Waals surface area contributed by atoms with E-state index in [1.165, 1.54) is 5.56 Å². The maximum atomic E-state index is 12.7. The second-order valence-corrected chi connectivity index (χ2v) is 8.81. The first-order valence-corrected chi connectivity index (χ1v) is 10.3. The summed E-state index contributed by atoms with van der Waals surface area (Å²) in [6.07, 6.45) is 0.946. The average molecular weight is 379 g/mol. The first-order valence-electron chi connectivity index (χ1n) is 8.49. The summed E-state index contributed by atoms with van der Waals surface area (Å²) in [5.41, 5.74) is 2.31. The molecule has 4 nitrogen and oxygen atoms in total. The van der Waals surface area contributed by atoms with Crippen LogP contribution in [0, 0.1) is 6.92 Å². The third-order valence-electron chi connectivity index (χ3n) is 4.62. The quantitative estimate of drug-likeness (QED) is 0.802. The molecule has 3 rings (SSSR count). The van der Waals surface area contributed by atoms with Gasteiger partial charge in [-0.2, -0.15) is 4.31 Å². The summed E-state index contributed by atoms with van der Waals surface area (Å²) in [5, 5.41) is 0.749. The Labute approximate surface area is 155 Å². The van der Waals surface area contributed by atoms with E-state index in [1.807, 2.05) is 43.3 Å². The van der Waals surface area contributed by atoms with Crippen LogP contribution in [0.15, 0.2) is 53.4 Å². The molecule has 1 aliphatic rings. The third kappa shape index (κ3) is 4.61. The third-order valence-corrected chi connectivity index (χ3v) is 6.78. The van der Waals surface area contributed by atoms with Crippen LogP contribution in [-0.4, -0.2) is 50.3 Å². The number of aryl methyl sites for hydroxylation is 1. The molecule has 2 aromatic carbocycles. The first-order chi connectivity index (χ1) is 11.9. The van der Waals surface area contributed by atoms with E-state index in [9.17, 15) is 8.42 Å². The van der Waals surface area contributed by atoms with Crippen molar-refractivity contribution in [1.29, 1.82) is 0 Å². The minimum absolute atomic E-state index is 0.382. The molecule has 0 bridgehead atoms. The van der Waals surface area contributed by atoms with Crippen LogP contribution in [-0.2, 0) is 16.4 Å². The fourth-order valence-corrected chi connectivity index (χ4v) is 4.54. The van der Waals surface area contributed by atoms with Crippen LogP contribution in [0.1, 0.15) is 11.1 Å². The van der Waals surface area contributed by atoms with Crippen LogP contribution < -0.4 is 0 Å². The second kappa shape index (κ2) is 7.87. The zero-order valence-corrected chi connectivity index (χ0v) is 15.9.